The summed E-state index contributed by atoms with van der Waals surface area (Å²) in [7, 11) is -6.91. The minimum atomic E-state index is -3.52. The summed E-state index contributed by atoms with van der Waals surface area (Å²) in [4.78, 5) is 0.437. The lowest BCUT2D eigenvalue weighted by Gasteiger charge is -2.02. The molecule has 116 valence electrons. The van der Waals surface area contributed by atoms with E-state index in [0.717, 1.165) is 5.41 Å². The van der Waals surface area contributed by atoms with Gasteiger partial charge in [-0.05, 0) is 30.7 Å². The maximum Gasteiger partial charge on any atom is 0.199 e. The van der Waals surface area contributed by atoms with Crippen molar-refractivity contribution in [1.82, 2.24) is 0 Å². The van der Waals surface area contributed by atoms with Crippen LogP contribution in [0, 0.1) is 0 Å². The highest BCUT2D eigenvalue weighted by Crippen LogP contribution is 2.13. The molecule has 0 saturated carbocycles. The summed E-state index contributed by atoms with van der Waals surface area (Å²) in [6, 6.07) is 16.1. The molecule has 0 aliphatic heterocycles. The first-order valence-electron chi connectivity index (χ1n) is 6.66. The summed E-state index contributed by atoms with van der Waals surface area (Å²) in [6.07, 6.45) is 1.52. The van der Waals surface area contributed by atoms with Gasteiger partial charge in [-0.2, -0.15) is 0 Å². The van der Waals surface area contributed by atoms with Crippen LogP contribution in [-0.2, 0) is 19.7 Å². The molecule has 0 radical (unpaired) electrons. The van der Waals surface area contributed by atoms with E-state index < -0.39 is 19.7 Å². The van der Waals surface area contributed by atoms with Crippen LogP contribution in [0.25, 0.3) is 0 Å². The molecule has 0 heterocycles. The molecule has 0 fully saturated rings. The molecule has 0 saturated heterocycles. The minimum absolute atomic E-state index is 0.127. The highest BCUT2D eigenvalue weighted by Gasteiger charge is 2.13. The van der Waals surface area contributed by atoms with Crippen LogP contribution < -0.4 is 0 Å². The van der Waals surface area contributed by atoms with Crippen molar-refractivity contribution in [3.63, 3.8) is 0 Å². The van der Waals surface area contributed by atoms with Crippen LogP contribution in [-0.4, -0.2) is 22.6 Å². The van der Waals surface area contributed by atoms with Crippen LogP contribution in [0.5, 0.6) is 0 Å². The van der Waals surface area contributed by atoms with E-state index in [0.29, 0.717) is 0 Å². The van der Waals surface area contributed by atoms with Crippen molar-refractivity contribution < 1.29 is 16.8 Å². The molecule has 2 rings (SSSR count). The Balaban J connectivity index is 2.02. The smallest absolute Gasteiger partial charge is 0.199 e. The number of rotatable bonds is 6. The van der Waals surface area contributed by atoms with Crippen LogP contribution in [0.1, 0.15) is 6.42 Å². The van der Waals surface area contributed by atoms with Crippen LogP contribution in [0.15, 0.2) is 81.9 Å². The topological polar surface area (TPSA) is 68.3 Å². The summed E-state index contributed by atoms with van der Waals surface area (Å²) < 4.78 is 48.1. The molecule has 0 aliphatic carbocycles. The van der Waals surface area contributed by atoms with Gasteiger partial charge in [0.15, 0.2) is 19.7 Å². The van der Waals surface area contributed by atoms with E-state index in [-0.39, 0.29) is 22.0 Å². The molecule has 2 aromatic rings. The Morgan fingerprint density at radius 3 is 1.77 bits per heavy atom. The van der Waals surface area contributed by atoms with Gasteiger partial charge in [0.25, 0.3) is 0 Å². The normalized spacial score (nSPS) is 12.5. The van der Waals surface area contributed by atoms with Gasteiger partial charge < -0.3 is 0 Å². The van der Waals surface area contributed by atoms with Crippen molar-refractivity contribution in [2.75, 3.05) is 5.75 Å². The van der Waals surface area contributed by atoms with Gasteiger partial charge in [-0.15, -0.1) is 0 Å². The van der Waals surface area contributed by atoms with Gasteiger partial charge in [0.05, 0.1) is 15.5 Å². The van der Waals surface area contributed by atoms with E-state index in [4.69, 9.17) is 0 Å². The van der Waals surface area contributed by atoms with Gasteiger partial charge in [0.2, 0.25) is 0 Å². The number of hydrogen-bond acceptors (Lipinski definition) is 4. The molecule has 22 heavy (non-hydrogen) atoms. The molecule has 0 aromatic heterocycles. The molecule has 0 atom stereocenters. The van der Waals surface area contributed by atoms with E-state index >= 15 is 0 Å². The second kappa shape index (κ2) is 6.89. The molecule has 0 bridgehead atoms. The Hall–Kier alpha value is -1.92. The van der Waals surface area contributed by atoms with E-state index in [1.807, 2.05) is 0 Å². The lowest BCUT2D eigenvalue weighted by Crippen LogP contribution is -2.06. The fourth-order valence-corrected chi connectivity index (χ4v) is 4.19. The Morgan fingerprint density at radius 1 is 0.727 bits per heavy atom. The summed E-state index contributed by atoms with van der Waals surface area (Å²) in [5, 5.41) is 1.06. The molecule has 2 aromatic carbocycles. The number of sulfone groups is 2. The Morgan fingerprint density at radius 2 is 1.23 bits per heavy atom. The average Bonchev–Trinajstić information content (AvgIpc) is 2.53. The quantitative estimate of drug-likeness (QED) is 0.813. The Kier molecular flexibility index (Phi) is 5.15. The van der Waals surface area contributed by atoms with Crippen molar-refractivity contribution in [3.8, 4) is 0 Å². The molecular formula is C16H16O4S2. The first kappa shape index (κ1) is 16.5. The van der Waals surface area contributed by atoms with Crippen LogP contribution >= 0.6 is 0 Å². The summed E-state index contributed by atoms with van der Waals surface area (Å²) in [6.45, 7) is 0. The second-order valence-electron chi connectivity index (χ2n) is 4.65. The molecule has 0 N–H and O–H groups in total. The highest BCUT2D eigenvalue weighted by molar-refractivity contribution is 7.94. The van der Waals surface area contributed by atoms with Gasteiger partial charge in [-0.1, -0.05) is 42.5 Å². The molecule has 6 heteroatoms. The predicted octanol–water partition coefficient (Wildman–Crippen LogP) is 2.84. The fourth-order valence-electron chi connectivity index (χ4n) is 1.85. The maximum absolute atomic E-state index is 12.0. The van der Waals surface area contributed by atoms with Gasteiger partial charge >= 0.3 is 0 Å². The zero-order valence-corrected chi connectivity index (χ0v) is 13.4. The minimum Gasteiger partial charge on any atom is -0.224 e. The summed E-state index contributed by atoms with van der Waals surface area (Å²) >= 11 is 0. The zero-order chi connectivity index (χ0) is 16.1. The number of allylic oxidation sites excluding steroid dienone is 1. The monoisotopic (exact) mass is 336 g/mol. The Labute approximate surface area is 131 Å². The molecule has 0 spiro atoms. The van der Waals surface area contributed by atoms with E-state index in [1.54, 1.807) is 36.4 Å². The van der Waals surface area contributed by atoms with Crippen molar-refractivity contribution in [3.05, 3.63) is 72.1 Å². The summed E-state index contributed by atoms with van der Waals surface area (Å²) in [5.41, 5.74) is 0. The lowest BCUT2D eigenvalue weighted by atomic mass is 10.4. The van der Waals surface area contributed by atoms with E-state index in [1.165, 1.54) is 30.3 Å². The third-order valence-corrected chi connectivity index (χ3v) is 6.25. The van der Waals surface area contributed by atoms with Gasteiger partial charge in [-0.25, -0.2) is 16.8 Å². The third kappa shape index (κ3) is 4.29. The molecular weight excluding hydrogens is 320 g/mol. The lowest BCUT2D eigenvalue weighted by molar-refractivity contribution is 0.595. The highest BCUT2D eigenvalue weighted by atomic mass is 32.2. The van der Waals surface area contributed by atoms with Gasteiger partial charge in [0.1, 0.15) is 0 Å². The maximum atomic E-state index is 12.0. The number of hydrogen-bond donors (Lipinski definition) is 0. The predicted molar refractivity (Wildman–Crippen MR) is 85.9 cm³/mol. The van der Waals surface area contributed by atoms with Gasteiger partial charge in [0, 0.05) is 5.41 Å². The average molecular weight is 336 g/mol. The van der Waals surface area contributed by atoms with Gasteiger partial charge in [-0.3, -0.25) is 0 Å². The third-order valence-electron chi connectivity index (χ3n) is 3.00. The van der Waals surface area contributed by atoms with E-state index in [9.17, 15) is 16.8 Å². The van der Waals surface area contributed by atoms with E-state index in [2.05, 4.69) is 0 Å². The zero-order valence-electron chi connectivity index (χ0n) is 11.8. The van der Waals surface area contributed by atoms with Crippen molar-refractivity contribution in [2.24, 2.45) is 0 Å². The molecule has 0 aliphatic rings. The second-order valence-corrected chi connectivity index (χ2v) is 8.59. The molecule has 0 amide bonds. The first-order valence-corrected chi connectivity index (χ1v) is 9.86. The first-order chi connectivity index (χ1) is 10.4. The number of benzene rings is 2. The molecule has 4 nitrogen and oxygen atoms in total. The van der Waals surface area contributed by atoms with Crippen LogP contribution in [0.4, 0.5) is 0 Å². The van der Waals surface area contributed by atoms with Crippen LogP contribution in [0.3, 0.4) is 0 Å². The van der Waals surface area contributed by atoms with Crippen LogP contribution in [0.2, 0.25) is 0 Å². The molecule has 0 unspecified atom stereocenters. The standard InChI is InChI=1S/C16H16O4S2/c17-21(18,15-9-3-1-4-10-15)13-7-8-14-22(19,20)16-11-5-2-6-12-16/h1-7,9-13H,8,14H2/b13-7-. The Bertz CT molecular complexity index is 838. The van der Waals surface area contributed by atoms with Crippen molar-refractivity contribution in [1.29, 1.82) is 0 Å². The largest absolute Gasteiger partial charge is 0.224 e. The summed E-state index contributed by atoms with van der Waals surface area (Å²) in [5.74, 6) is -0.127. The van der Waals surface area contributed by atoms with Crippen molar-refractivity contribution in [2.45, 2.75) is 16.2 Å². The fraction of sp³-hybridized carbons (Fsp3) is 0.125. The van der Waals surface area contributed by atoms with Crippen molar-refractivity contribution >= 4 is 19.7 Å². The SMILES string of the molecule is O=S(=O)(/C=C\CCS(=O)(=O)c1ccccc1)c1ccccc1.